The van der Waals surface area contributed by atoms with Crippen LogP contribution in [0.15, 0.2) is 32.4 Å². The first kappa shape index (κ1) is 10.3. The molecule has 0 aliphatic carbocycles. The zero-order valence-corrected chi connectivity index (χ0v) is 9.17. The van der Waals surface area contributed by atoms with E-state index in [1.54, 1.807) is 0 Å². The number of hydrogen-bond donors (Lipinski definition) is 0. The van der Waals surface area contributed by atoms with Crippen molar-refractivity contribution < 1.29 is 12.9 Å². The van der Waals surface area contributed by atoms with Crippen LogP contribution in [0.4, 0.5) is 0 Å². The number of halogens is 1. The Labute approximate surface area is 89.2 Å². The number of rotatable bonds is 1. The monoisotopic (exact) mass is 247 g/mol. The van der Waals surface area contributed by atoms with Crippen molar-refractivity contribution in [1.82, 2.24) is 4.74 Å². The number of aryl methyl sites for hydroxylation is 1. The van der Waals surface area contributed by atoms with Gasteiger partial charge in [-0.1, -0.05) is 0 Å². The molecule has 1 heterocycles. The number of hydrogen-bond acceptors (Lipinski definition) is 4. The summed E-state index contributed by atoms with van der Waals surface area (Å²) in [6.45, 7) is 0. The first-order valence-corrected chi connectivity index (χ1v) is 6.25. The molecule has 0 fully saturated rings. The quantitative estimate of drug-likeness (QED) is 0.707. The molecule has 0 amide bonds. The van der Waals surface area contributed by atoms with E-state index in [4.69, 9.17) is 15.2 Å². The summed E-state index contributed by atoms with van der Waals surface area (Å²) in [5, 5.41) is 0.321. The van der Waals surface area contributed by atoms with Crippen LogP contribution in [0, 0.1) is 0 Å². The summed E-state index contributed by atoms with van der Waals surface area (Å²) in [6.07, 6.45) is 0. The van der Waals surface area contributed by atoms with Crippen LogP contribution >= 0.6 is 10.7 Å². The molecule has 0 spiro atoms. The van der Waals surface area contributed by atoms with Crippen LogP contribution in [0.1, 0.15) is 0 Å². The Morgan fingerprint density at radius 3 is 2.67 bits per heavy atom. The maximum atomic E-state index is 11.2. The molecule has 0 unspecified atom stereocenters. The number of nitrogens with zero attached hydrogens (tertiary/aromatic N) is 1. The van der Waals surface area contributed by atoms with Gasteiger partial charge in [-0.3, -0.25) is 0 Å². The predicted molar refractivity (Wildman–Crippen MR) is 54.5 cm³/mol. The third kappa shape index (κ3) is 1.66. The van der Waals surface area contributed by atoms with Gasteiger partial charge in [0.1, 0.15) is 0 Å². The molecular weight excluding hydrogens is 242 g/mol. The Balaban J connectivity index is 2.88. The van der Waals surface area contributed by atoms with Gasteiger partial charge in [-0.15, -0.1) is 0 Å². The van der Waals surface area contributed by atoms with Crippen molar-refractivity contribution in [2.75, 3.05) is 0 Å². The molecule has 5 nitrogen and oxygen atoms in total. The van der Waals surface area contributed by atoms with E-state index >= 15 is 0 Å². The van der Waals surface area contributed by atoms with Crippen molar-refractivity contribution in [3.63, 3.8) is 0 Å². The van der Waals surface area contributed by atoms with Crippen LogP contribution < -0.4 is 5.63 Å². The lowest BCUT2D eigenvalue weighted by atomic mass is 10.2. The summed E-state index contributed by atoms with van der Waals surface area (Å²) in [7, 11) is 2.89. The molecule has 80 valence electrons. The summed E-state index contributed by atoms with van der Waals surface area (Å²) in [4.78, 5) is 11.1. The standard InChI is InChI=1S/C8H6ClNO4S/c1-10-7-4-5(15(9,12)13)2-3-6(7)8(11)14-10/h2-4H,1H3. The zero-order chi connectivity index (χ0) is 11.2. The fourth-order valence-electron chi connectivity index (χ4n) is 1.32. The molecule has 7 heteroatoms. The van der Waals surface area contributed by atoms with E-state index in [1.807, 2.05) is 0 Å². The second-order valence-electron chi connectivity index (χ2n) is 2.99. The smallest absolute Gasteiger partial charge is 0.336 e. The normalized spacial score (nSPS) is 12.1. The van der Waals surface area contributed by atoms with Gasteiger partial charge in [0.2, 0.25) is 0 Å². The molecule has 0 aliphatic rings. The van der Waals surface area contributed by atoms with E-state index in [0.717, 1.165) is 0 Å². The molecule has 0 aliphatic heterocycles. The second-order valence-corrected chi connectivity index (χ2v) is 5.56. The summed E-state index contributed by atoms with van der Waals surface area (Å²) < 4.78 is 28.0. The molecule has 1 aromatic carbocycles. The van der Waals surface area contributed by atoms with Crippen LogP contribution in [0.3, 0.4) is 0 Å². The lowest BCUT2D eigenvalue weighted by Gasteiger charge is -1.96. The highest BCUT2D eigenvalue weighted by molar-refractivity contribution is 8.13. The minimum atomic E-state index is -3.79. The Kier molecular flexibility index (Phi) is 2.13. The van der Waals surface area contributed by atoms with Gasteiger partial charge in [-0.2, -0.15) is 0 Å². The van der Waals surface area contributed by atoms with Gasteiger partial charge in [-0.25, -0.2) is 18.0 Å². The molecule has 0 bridgehead atoms. The first-order chi connectivity index (χ1) is 6.89. The van der Waals surface area contributed by atoms with Crippen LogP contribution in [-0.4, -0.2) is 13.2 Å². The van der Waals surface area contributed by atoms with Gasteiger partial charge in [0, 0.05) is 17.7 Å². The Morgan fingerprint density at radius 1 is 1.40 bits per heavy atom. The molecule has 15 heavy (non-hydrogen) atoms. The summed E-state index contributed by atoms with van der Waals surface area (Å²) in [6, 6.07) is 3.93. The van der Waals surface area contributed by atoms with E-state index in [0.29, 0.717) is 10.9 Å². The molecule has 0 saturated carbocycles. The van der Waals surface area contributed by atoms with Gasteiger partial charge in [0.25, 0.3) is 9.05 Å². The fourth-order valence-corrected chi connectivity index (χ4v) is 2.09. The van der Waals surface area contributed by atoms with E-state index in [2.05, 4.69) is 0 Å². The van der Waals surface area contributed by atoms with Crippen LogP contribution in [-0.2, 0) is 16.1 Å². The van der Waals surface area contributed by atoms with Gasteiger partial charge in [0.15, 0.2) is 0 Å². The van der Waals surface area contributed by atoms with Crippen molar-refractivity contribution in [3.05, 3.63) is 28.6 Å². The van der Waals surface area contributed by atoms with Crippen LogP contribution in [0.5, 0.6) is 0 Å². The predicted octanol–water partition coefficient (Wildman–Crippen LogP) is 1.06. The third-order valence-electron chi connectivity index (χ3n) is 2.03. The highest BCUT2D eigenvalue weighted by Gasteiger charge is 2.13. The zero-order valence-electron chi connectivity index (χ0n) is 7.60. The molecule has 0 saturated heterocycles. The second kappa shape index (κ2) is 3.11. The van der Waals surface area contributed by atoms with E-state index in [1.165, 1.54) is 30.0 Å². The largest absolute Gasteiger partial charge is 0.365 e. The Hall–Kier alpha value is -1.27. The van der Waals surface area contributed by atoms with Gasteiger partial charge in [-0.05, 0) is 18.2 Å². The Morgan fingerprint density at radius 2 is 2.07 bits per heavy atom. The maximum Gasteiger partial charge on any atom is 0.365 e. The molecule has 0 N–H and O–H groups in total. The lowest BCUT2D eigenvalue weighted by molar-refractivity contribution is 0.296. The van der Waals surface area contributed by atoms with Crippen molar-refractivity contribution in [1.29, 1.82) is 0 Å². The van der Waals surface area contributed by atoms with Gasteiger partial charge < -0.3 is 4.52 Å². The average Bonchev–Trinajstić information content (AvgIpc) is 2.41. The fraction of sp³-hybridized carbons (Fsp3) is 0.125. The average molecular weight is 248 g/mol. The van der Waals surface area contributed by atoms with Crippen molar-refractivity contribution in [2.24, 2.45) is 7.05 Å². The number of benzene rings is 1. The maximum absolute atomic E-state index is 11.2. The molecule has 1 aromatic heterocycles. The first-order valence-electron chi connectivity index (χ1n) is 3.94. The highest BCUT2D eigenvalue weighted by atomic mass is 35.7. The van der Waals surface area contributed by atoms with Crippen molar-refractivity contribution in [2.45, 2.75) is 4.90 Å². The molecule has 0 radical (unpaired) electrons. The number of fused-ring (bicyclic) bond motifs is 1. The summed E-state index contributed by atoms with van der Waals surface area (Å²) in [5.74, 6) is 0. The van der Waals surface area contributed by atoms with E-state index < -0.39 is 14.7 Å². The van der Waals surface area contributed by atoms with E-state index in [9.17, 15) is 13.2 Å². The van der Waals surface area contributed by atoms with Crippen molar-refractivity contribution >= 4 is 30.6 Å². The molecule has 2 rings (SSSR count). The molecular formula is C8H6ClNO4S. The van der Waals surface area contributed by atoms with Gasteiger partial charge in [0.05, 0.1) is 15.8 Å². The minimum Gasteiger partial charge on any atom is -0.336 e. The number of aromatic nitrogens is 1. The summed E-state index contributed by atoms with van der Waals surface area (Å²) in [5.41, 5.74) is -0.118. The summed E-state index contributed by atoms with van der Waals surface area (Å²) >= 11 is 0. The Bertz CT molecular complexity index is 682. The topological polar surface area (TPSA) is 69.3 Å². The lowest BCUT2D eigenvalue weighted by Crippen LogP contribution is -1.93. The highest BCUT2D eigenvalue weighted by Crippen LogP contribution is 2.19. The van der Waals surface area contributed by atoms with Gasteiger partial charge >= 0.3 is 5.63 Å². The SMILES string of the molecule is Cn1oc(=O)c2ccc(S(=O)(=O)Cl)cc21. The van der Waals surface area contributed by atoms with Crippen LogP contribution in [0.2, 0.25) is 0 Å². The minimum absolute atomic E-state index is 0.0620. The van der Waals surface area contributed by atoms with E-state index in [-0.39, 0.29) is 4.90 Å². The van der Waals surface area contributed by atoms with Crippen LogP contribution in [0.25, 0.3) is 10.9 Å². The molecule has 0 atom stereocenters. The third-order valence-corrected chi connectivity index (χ3v) is 3.38. The van der Waals surface area contributed by atoms with Crippen molar-refractivity contribution in [3.8, 4) is 0 Å². The molecule has 2 aromatic rings.